The van der Waals surface area contributed by atoms with Crippen molar-refractivity contribution in [3.8, 4) is 11.1 Å². The SMILES string of the molecule is CC(C)C(O)CC(=O)Nc1cccc(-c2cn[nH]c2)c1. The lowest BCUT2D eigenvalue weighted by molar-refractivity contribution is -0.118. The first kappa shape index (κ1) is 14.3. The van der Waals surface area contributed by atoms with Crippen molar-refractivity contribution in [2.24, 2.45) is 5.92 Å². The Morgan fingerprint density at radius 1 is 1.40 bits per heavy atom. The maximum Gasteiger partial charge on any atom is 0.226 e. The van der Waals surface area contributed by atoms with Gasteiger partial charge in [0.2, 0.25) is 5.91 Å². The number of nitrogens with one attached hydrogen (secondary N) is 2. The van der Waals surface area contributed by atoms with Crippen molar-refractivity contribution in [1.82, 2.24) is 10.2 Å². The molecule has 0 aliphatic rings. The molecule has 1 aromatic heterocycles. The van der Waals surface area contributed by atoms with Gasteiger partial charge in [-0.1, -0.05) is 26.0 Å². The fourth-order valence-corrected chi connectivity index (χ4v) is 1.82. The smallest absolute Gasteiger partial charge is 0.226 e. The molecule has 1 atom stereocenters. The highest BCUT2D eigenvalue weighted by molar-refractivity contribution is 5.91. The zero-order valence-electron chi connectivity index (χ0n) is 11.6. The number of anilines is 1. The highest BCUT2D eigenvalue weighted by Crippen LogP contribution is 2.21. The minimum absolute atomic E-state index is 0.0676. The molecule has 2 rings (SSSR count). The van der Waals surface area contributed by atoms with E-state index in [0.29, 0.717) is 5.69 Å². The number of rotatable bonds is 5. The molecule has 0 saturated carbocycles. The van der Waals surface area contributed by atoms with Crippen LogP contribution in [-0.4, -0.2) is 27.3 Å². The number of hydrogen-bond donors (Lipinski definition) is 3. The number of carbonyl (C=O) groups is 1. The van der Waals surface area contributed by atoms with Crippen LogP contribution in [-0.2, 0) is 4.79 Å². The molecule has 2 aromatic rings. The molecule has 106 valence electrons. The molecule has 0 bridgehead atoms. The Bertz CT molecular complexity index is 564. The van der Waals surface area contributed by atoms with Crippen LogP contribution in [0.25, 0.3) is 11.1 Å². The van der Waals surface area contributed by atoms with E-state index >= 15 is 0 Å². The van der Waals surface area contributed by atoms with E-state index < -0.39 is 6.10 Å². The Balaban J connectivity index is 2.03. The molecule has 1 amide bonds. The average Bonchev–Trinajstić information content (AvgIpc) is 2.92. The van der Waals surface area contributed by atoms with E-state index in [0.717, 1.165) is 11.1 Å². The third kappa shape index (κ3) is 3.68. The molecule has 0 aliphatic heterocycles. The van der Waals surface area contributed by atoms with Gasteiger partial charge < -0.3 is 10.4 Å². The third-order valence-electron chi connectivity index (χ3n) is 3.14. The lowest BCUT2D eigenvalue weighted by atomic mass is 10.0. The lowest BCUT2D eigenvalue weighted by Gasteiger charge is -2.14. The molecule has 0 radical (unpaired) electrons. The number of aliphatic hydroxyl groups is 1. The van der Waals surface area contributed by atoms with Crippen molar-refractivity contribution in [3.63, 3.8) is 0 Å². The van der Waals surface area contributed by atoms with Gasteiger partial charge in [0.15, 0.2) is 0 Å². The first-order valence-electron chi connectivity index (χ1n) is 6.63. The average molecular weight is 273 g/mol. The van der Waals surface area contributed by atoms with E-state index in [-0.39, 0.29) is 18.2 Å². The molecule has 1 unspecified atom stereocenters. The summed E-state index contributed by atoms with van der Waals surface area (Å²) in [6, 6.07) is 7.52. The third-order valence-corrected chi connectivity index (χ3v) is 3.14. The summed E-state index contributed by atoms with van der Waals surface area (Å²) in [5.41, 5.74) is 2.65. The first-order chi connectivity index (χ1) is 9.56. The number of benzene rings is 1. The zero-order chi connectivity index (χ0) is 14.5. The molecule has 5 nitrogen and oxygen atoms in total. The molecule has 20 heavy (non-hydrogen) atoms. The highest BCUT2D eigenvalue weighted by Gasteiger charge is 2.14. The summed E-state index contributed by atoms with van der Waals surface area (Å²) in [6.07, 6.45) is 3.01. The van der Waals surface area contributed by atoms with Crippen LogP contribution in [0.3, 0.4) is 0 Å². The molecule has 3 N–H and O–H groups in total. The number of H-pyrrole nitrogens is 1. The van der Waals surface area contributed by atoms with Gasteiger partial charge in [-0.3, -0.25) is 9.89 Å². The number of aliphatic hydroxyl groups excluding tert-OH is 1. The summed E-state index contributed by atoms with van der Waals surface area (Å²) in [7, 11) is 0. The van der Waals surface area contributed by atoms with Gasteiger partial charge in [0.05, 0.1) is 18.7 Å². The van der Waals surface area contributed by atoms with Crippen LogP contribution in [0, 0.1) is 5.92 Å². The van der Waals surface area contributed by atoms with E-state index in [9.17, 15) is 9.90 Å². The molecule has 0 aliphatic carbocycles. The molecule has 0 fully saturated rings. The largest absolute Gasteiger partial charge is 0.392 e. The van der Waals surface area contributed by atoms with E-state index in [4.69, 9.17) is 0 Å². The van der Waals surface area contributed by atoms with Crippen molar-refractivity contribution in [3.05, 3.63) is 36.7 Å². The summed E-state index contributed by atoms with van der Waals surface area (Å²) < 4.78 is 0. The second-order valence-corrected chi connectivity index (χ2v) is 5.13. The van der Waals surface area contributed by atoms with Gasteiger partial charge in [0, 0.05) is 17.4 Å². The van der Waals surface area contributed by atoms with Crippen molar-refractivity contribution in [2.75, 3.05) is 5.32 Å². The van der Waals surface area contributed by atoms with Gasteiger partial charge in [-0.15, -0.1) is 0 Å². The van der Waals surface area contributed by atoms with Crippen LogP contribution in [0.15, 0.2) is 36.7 Å². The number of aromatic amines is 1. The van der Waals surface area contributed by atoms with Crippen LogP contribution in [0.5, 0.6) is 0 Å². The number of carbonyl (C=O) groups excluding carboxylic acids is 1. The molecule has 0 saturated heterocycles. The molecule has 5 heteroatoms. The van der Waals surface area contributed by atoms with Gasteiger partial charge in [0.25, 0.3) is 0 Å². The highest BCUT2D eigenvalue weighted by atomic mass is 16.3. The van der Waals surface area contributed by atoms with Crippen molar-refractivity contribution < 1.29 is 9.90 Å². The second kappa shape index (κ2) is 6.34. The van der Waals surface area contributed by atoms with E-state index in [2.05, 4.69) is 15.5 Å². The molecule has 1 aromatic carbocycles. The Morgan fingerprint density at radius 2 is 2.20 bits per heavy atom. The minimum Gasteiger partial charge on any atom is -0.392 e. The fraction of sp³-hybridized carbons (Fsp3) is 0.333. The normalized spacial score (nSPS) is 12.4. The van der Waals surface area contributed by atoms with Crippen LogP contribution >= 0.6 is 0 Å². The quantitative estimate of drug-likeness (QED) is 0.783. The minimum atomic E-state index is -0.618. The number of hydrogen-bond acceptors (Lipinski definition) is 3. The van der Waals surface area contributed by atoms with Gasteiger partial charge in [-0.25, -0.2) is 0 Å². The number of aromatic nitrogens is 2. The molecular formula is C15H19N3O2. The summed E-state index contributed by atoms with van der Waals surface area (Å²) in [5.74, 6) is -0.117. The lowest BCUT2D eigenvalue weighted by Crippen LogP contribution is -2.23. The summed E-state index contributed by atoms with van der Waals surface area (Å²) in [4.78, 5) is 11.8. The van der Waals surface area contributed by atoms with Crippen molar-refractivity contribution in [2.45, 2.75) is 26.4 Å². The molecule has 0 spiro atoms. The monoisotopic (exact) mass is 273 g/mol. The molecule has 1 heterocycles. The van der Waals surface area contributed by atoms with Gasteiger partial charge in [0.1, 0.15) is 0 Å². The van der Waals surface area contributed by atoms with E-state index in [1.54, 1.807) is 12.4 Å². The zero-order valence-corrected chi connectivity index (χ0v) is 11.6. The van der Waals surface area contributed by atoms with Gasteiger partial charge in [-0.2, -0.15) is 5.10 Å². The summed E-state index contributed by atoms with van der Waals surface area (Å²) >= 11 is 0. The van der Waals surface area contributed by atoms with E-state index in [1.165, 1.54) is 0 Å². The predicted molar refractivity (Wildman–Crippen MR) is 78.1 cm³/mol. The standard InChI is InChI=1S/C15H19N3O2/c1-10(2)14(19)7-15(20)18-13-5-3-4-11(6-13)12-8-16-17-9-12/h3-6,8-10,14,19H,7H2,1-2H3,(H,16,17)(H,18,20). The molecular weight excluding hydrogens is 254 g/mol. The van der Waals surface area contributed by atoms with Crippen LogP contribution in [0.4, 0.5) is 5.69 Å². The second-order valence-electron chi connectivity index (χ2n) is 5.13. The van der Waals surface area contributed by atoms with Crippen molar-refractivity contribution in [1.29, 1.82) is 0 Å². The maximum atomic E-state index is 11.8. The predicted octanol–water partition coefficient (Wildman–Crippen LogP) is 2.42. The van der Waals surface area contributed by atoms with Crippen LogP contribution in [0.1, 0.15) is 20.3 Å². The first-order valence-corrected chi connectivity index (χ1v) is 6.63. The van der Waals surface area contributed by atoms with Crippen molar-refractivity contribution >= 4 is 11.6 Å². The maximum absolute atomic E-state index is 11.8. The van der Waals surface area contributed by atoms with Gasteiger partial charge >= 0.3 is 0 Å². The topological polar surface area (TPSA) is 78.0 Å². The Morgan fingerprint density at radius 3 is 2.85 bits per heavy atom. The van der Waals surface area contributed by atoms with Crippen LogP contribution in [0.2, 0.25) is 0 Å². The summed E-state index contributed by atoms with van der Waals surface area (Å²) in [6.45, 7) is 3.77. The fourth-order valence-electron chi connectivity index (χ4n) is 1.82. The van der Waals surface area contributed by atoms with Crippen LogP contribution < -0.4 is 5.32 Å². The number of nitrogens with zero attached hydrogens (tertiary/aromatic N) is 1. The number of amides is 1. The summed E-state index contributed by atoms with van der Waals surface area (Å²) in [5, 5.41) is 19.2. The van der Waals surface area contributed by atoms with E-state index in [1.807, 2.05) is 38.1 Å². The van der Waals surface area contributed by atoms with Gasteiger partial charge in [-0.05, 0) is 23.6 Å². The Hall–Kier alpha value is -2.14. The Kier molecular flexibility index (Phi) is 4.53. The Labute approximate surface area is 118 Å².